The van der Waals surface area contributed by atoms with E-state index in [9.17, 15) is 9.18 Å². The number of carbonyl (C=O) groups excluding carboxylic acids is 1. The highest BCUT2D eigenvalue weighted by Gasteiger charge is 2.34. The fraction of sp³-hybridized carbons (Fsp3) is 0.421. The van der Waals surface area contributed by atoms with Gasteiger partial charge in [0.15, 0.2) is 0 Å². The van der Waals surface area contributed by atoms with Gasteiger partial charge < -0.3 is 9.32 Å². The molecule has 2 fully saturated rings. The maximum absolute atomic E-state index is 13.1. The number of likely N-dealkylation sites (tertiary alicyclic amines) is 1. The van der Waals surface area contributed by atoms with Gasteiger partial charge in [0.1, 0.15) is 12.1 Å². The van der Waals surface area contributed by atoms with Gasteiger partial charge in [-0.3, -0.25) is 15.6 Å². The zero-order valence-corrected chi connectivity index (χ0v) is 14.0. The Bertz CT molecular complexity index is 709. The third kappa shape index (κ3) is 3.45. The first kappa shape index (κ1) is 16.3. The predicted octanol–water partition coefficient (Wildman–Crippen LogP) is 2.88. The van der Waals surface area contributed by atoms with Crippen molar-refractivity contribution in [3.05, 3.63) is 59.8 Å². The predicted molar refractivity (Wildman–Crippen MR) is 91.2 cm³/mol. The fourth-order valence-electron chi connectivity index (χ4n) is 3.88. The number of hydrogen-bond acceptors (Lipinski definition) is 4. The molecule has 1 aromatic heterocycles. The van der Waals surface area contributed by atoms with Crippen molar-refractivity contribution in [1.29, 1.82) is 0 Å². The lowest BCUT2D eigenvalue weighted by Gasteiger charge is -2.34. The molecule has 2 aromatic rings. The molecule has 1 amide bonds. The summed E-state index contributed by atoms with van der Waals surface area (Å²) in [6, 6.07) is 8.98. The van der Waals surface area contributed by atoms with Crippen LogP contribution in [0, 0.1) is 11.7 Å². The van der Waals surface area contributed by atoms with Crippen LogP contribution in [0.5, 0.6) is 0 Å². The Kier molecular flexibility index (Phi) is 4.55. The molecule has 2 aliphatic heterocycles. The third-order valence-corrected chi connectivity index (χ3v) is 5.37. The summed E-state index contributed by atoms with van der Waals surface area (Å²) < 4.78 is 18.1. The molecule has 0 bridgehead atoms. The van der Waals surface area contributed by atoms with Crippen molar-refractivity contribution < 1.29 is 13.6 Å². The summed E-state index contributed by atoms with van der Waals surface area (Å²) in [6.07, 6.45) is 5.98. The smallest absolute Gasteiger partial charge is 0.257 e. The lowest BCUT2D eigenvalue weighted by Crippen LogP contribution is -2.44. The molecule has 0 spiro atoms. The normalized spacial score (nSPS) is 24.6. The Balaban J connectivity index is 1.31. The lowest BCUT2D eigenvalue weighted by molar-refractivity contribution is 0.0672. The van der Waals surface area contributed by atoms with Gasteiger partial charge in [0.25, 0.3) is 5.91 Å². The van der Waals surface area contributed by atoms with Crippen LogP contribution in [0.3, 0.4) is 0 Å². The topological polar surface area (TPSA) is 57.5 Å². The van der Waals surface area contributed by atoms with E-state index in [1.54, 1.807) is 6.07 Å². The number of halogens is 1. The van der Waals surface area contributed by atoms with Gasteiger partial charge in [-0.2, -0.15) is 0 Å². The second kappa shape index (κ2) is 6.98. The van der Waals surface area contributed by atoms with E-state index in [1.165, 1.54) is 24.7 Å². The molecule has 1 aromatic carbocycles. The Morgan fingerprint density at radius 1 is 1.12 bits per heavy atom. The molecular formula is C19H22FN3O2. The minimum absolute atomic E-state index is 0.0499. The average molecular weight is 343 g/mol. The van der Waals surface area contributed by atoms with Crippen molar-refractivity contribution in [2.75, 3.05) is 13.1 Å². The number of nitrogens with zero attached hydrogens (tertiary/aromatic N) is 1. The number of amides is 1. The van der Waals surface area contributed by atoms with Crippen LogP contribution in [-0.2, 0) is 0 Å². The first-order valence-corrected chi connectivity index (χ1v) is 8.78. The summed E-state index contributed by atoms with van der Waals surface area (Å²) in [5.74, 6) is 0.376. The van der Waals surface area contributed by atoms with Crippen molar-refractivity contribution >= 4 is 5.91 Å². The second-order valence-electron chi connectivity index (χ2n) is 6.88. The van der Waals surface area contributed by atoms with Crippen molar-refractivity contribution in [3.8, 4) is 0 Å². The number of furan rings is 1. The van der Waals surface area contributed by atoms with Gasteiger partial charge in [0.2, 0.25) is 0 Å². The van der Waals surface area contributed by atoms with E-state index >= 15 is 0 Å². The highest BCUT2D eigenvalue weighted by atomic mass is 19.1. The Morgan fingerprint density at radius 3 is 2.56 bits per heavy atom. The molecule has 2 saturated heterocycles. The minimum atomic E-state index is -0.207. The Hall–Kier alpha value is -2.18. The standard InChI is InChI=1S/C19H22FN3O2/c20-16-3-1-13(2-4-16)17-11-18(22-21-17)14-5-8-23(9-6-14)19(24)15-7-10-25-12-15/h1-4,7,10,12,14,17-18,21-22H,5-6,8-9,11H2. The highest BCUT2D eigenvalue weighted by Crippen LogP contribution is 2.31. The van der Waals surface area contributed by atoms with E-state index in [-0.39, 0.29) is 17.8 Å². The SMILES string of the molecule is O=C(c1ccoc1)N1CCC(C2CC(c3ccc(F)cc3)NN2)CC1. The van der Waals surface area contributed by atoms with Gasteiger partial charge >= 0.3 is 0 Å². The van der Waals surface area contributed by atoms with Gasteiger partial charge in [-0.15, -0.1) is 0 Å². The van der Waals surface area contributed by atoms with Crippen LogP contribution in [0.15, 0.2) is 47.3 Å². The average Bonchev–Trinajstić information content (AvgIpc) is 3.34. The van der Waals surface area contributed by atoms with E-state index < -0.39 is 0 Å². The molecule has 0 saturated carbocycles. The summed E-state index contributed by atoms with van der Waals surface area (Å²) in [5, 5.41) is 0. The van der Waals surface area contributed by atoms with Crippen LogP contribution in [0.2, 0.25) is 0 Å². The van der Waals surface area contributed by atoms with Crippen LogP contribution < -0.4 is 10.9 Å². The van der Waals surface area contributed by atoms with Crippen molar-refractivity contribution in [3.63, 3.8) is 0 Å². The van der Waals surface area contributed by atoms with Gasteiger partial charge in [-0.05, 0) is 48.9 Å². The van der Waals surface area contributed by atoms with Crippen LogP contribution in [0.4, 0.5) is 4.39 Å². The highest BCUT2D eigenvalue weighted by molar-refractivity contribution is 5.93. The maximum atomic E-state index is 13.1. The minimum Gasteiger partial charge on any atom is -0.472 e. The van der Waals surface area contributed by atoms with Gasteiger partial charge in [0.05, 0.1) is 11.8 Å². The number of nitrogens with one attached hydrogen (secondary N) is 2. The van der Waals surface area contributed by atoms with Crippen LogP contribution in [0.1, 0.15) is 41.2 Å². The van der Waals surface area contributed by atoms with Crippen molar-refractivity contribution in [1.82, 2.24) is 15.8 Å². The van der Waals surface area contributed by atoms with Crippen LogP contribution >= 0.6 is 0 Å². The molecule has 4 rings (SSSR count). The first-order chi connectivity index (χ1) is 12.2. The fourth-order valence-corrected chi connectivity index (χ4v) is 3.88. The maximum Gasteiger partial charge on any atom is 0.257 e. The molecular weight excluding hydrogens is 321 g/mol. The molecule has 2 unspecified atom stereocenters. The molecule has 0 aliphatic carbocycles. The lowest BCUT2D eigenvalue weighted by atomic mass is 9.86. The number of piperidine rings is 1. The third-order valence-electron chi connectivity index (χ3n) is 5.37. The number of hydrazine groups is 1. The van der Waals surface area contributed by atoms with Crippen molar-refractivity contribution in [2.45, 2.75) is 31.3 Å². The largest absolute Gasteiger partial charge is 0.472 e. The number of rotatable bonds is 3. The number of benzene rings is 1. The molecule has 25 heavy (non-hydrogen) atoms. The summed E-state index contributed by atoms with van der Waals surface area (Å²) in [4.78, 5) is 14.3. The zero-order chi connectivity index (χ0) is 17.2. The molecule has 3 heterocycles. The molecule has 0 radical (unpaired) electrons. The molecule has 6 heteroatoms. The van der Waals surface area contributed by atoms with E-state index in [2.05, 4.69) is 10.9 Å². The molecule has 132 valence electrons. The summed E-state index contributed by atoms with van der Waals surface area (Å²) >= 11 is 0. The molecule has 2 N–H and O–H groups in total. The van der Waals surface area contributed by atoms with Gasteiger partial charge in [-0.25, -0.2) is 4.39 Å². The molecule has 2 aliphatic rings. The summed E-state index contributed by atoms with van der Waals surface area (Å²) in [7, 11) is 0. The quantitative estimate of drug-likeness (QED) is 0.900. The monoisotopic (exact) mass is 343 g/mol. The summed E-state index contributed by atoms with van der Waals surface area (Å²) in [6.45, 7) is 1.54. The van der Waals surface area contributed by atoms with E-state index in [0.717, 1.165) is 37.9 Å². The Labute approximate surface area is 146 Å². The molecule has 5 nitrogen and oxygen atoms in total. The summed E-state index contributed by atoms with van der Waals surface area (Å²) in [5.41, 5.74) is 8.45. The Morgan fingerprint density at radius 2 is 1.88 bits per heavy atom. The first-order valence-electron chi connectivity index (χ1n) is 8.78. The van der Waals surface area contributed by atoms with Crippen LogP contribution in [0.25, 0.3) is 0 Å². The molecule has 2 atom stereocenters. The number of hydrogen-bond donors (Lipinski definition) is 2. The van der Waals surface area contributed by atoms with Gasteiger partial charge in [0, 0.05) is 25.2 Å². The second-order valence-corrected chi connectivity index (χ2v) is 6.88. The number of carbonyl (C=O) groups is 1. The van der Waals surface area contributed by atoms with Crippen molar-refractivity contribution in [2.24, 2.45) is 5.92 Å². The van der Waals surface area contributed by atoms with Gasteiger partial charge in [-0.1, -0.05) is 12.1 Å². The zero-order valence-electron chi connectivity index (χ0n) is 14.0. The van der Waals surface area contributed by atoms with E-state index in [0.29, 0.717) is 17.5 Å². The van der Waals surface area contributed by atoms with Crippen LogP contribution in [-0.4, -0.2) is 29.9 Å². The van der Waals surface area contributed by atoms with E-state index in [4.69, 9.17) is 4.42 Å². The van der Waals surface area contributed by atoms with E-state index in [1.807, 2.05) is 17.0 Å².